The predicted molar refractivity (Wildman–Crippen MR) is 119 cm³/mol. The first kappa shape index (κ1) is 27.8. The Morgan fingerprint density at radius 2 is 1.51 bits per heavy atom. The van der Waals surface area contributed by atoms with Crippen molar-refractivity contribution in [2.45, 2.75) is 71.4 Å². The summed E-state index contributed by atoms with van der Waals surface area (Å²) in [7, 11) is -4.57. The van der Waals surface area contributed by atoms with Crippen LogP contribution in [0.2, 0.25) is 0 Å². The highest BCUT2D eigenvalue weighted by Gasteiger charge is 2.74. The van der Waals surface area contributed by atoms with Gasteiger partial charge in [0.25, 0.3) is 5.91 Å². The maximum Gasteiger partial charge on any atom is 0.435 e. The van der Waals surface area contributed by atoms with Crippen molar-refractivity contribution in [2.75, 3.05) is 6.54 Å². The number of hydrogen-bond acceptors (Lipinski definition) is 4. The normalized spacial score (nSPS) is 24.7. The molecule has 5 rings (SSSR count). The number of alkyl halides is 7. The van der Waals surface area contributed by atoms with Crippen molar-refractivity contribution in [1.82, 2.24) is 4.90 Å². The summed E-state index contributed by atoms with van der Waals surface area (Å²) in [6.07, 6.45) is -13.2. The van der Waals surface area contributed by atoms with Gasteiger partial charge in [-0.3, -0.25) is 4.79 Å². The molecular weight excluding hydrogens is 562 g/mol. The molecule has 0 radical (unpaired) electrons. The van der Waals surface area contributed by atoms with E-state index in [1.54, 1.807) is 0 Å². The van der Waals surface area contributed by atoms with Crippen LogP contribution >= 0.6 is 0 Å². The second-order valence-corrected chi connectivity index (χ2v) is 12.4. The van der Waals surface area contributed by atoms with Crippen molar-refractivity contribution >= 4 is 15.7 Å². The van der Waals surface area contributed by atoms with Gasteiger partial charge in [0.15, 0.2) is 9.84 Å². The van der Waals surface area contributed by atoms with E-state index >= 15 is 0 Å². The van der Waals surface area contributed by atoms with Crippen LogP contribution in [0, 0.1) is 5.82 Å². The predicted octanol–water partition coefficient (Wildman–Crippen LogP) is 4.86. The summed E-state index contributed by atoms with van der Waals surface area (Å²) in [5, 5.41) is 10.4. The van der Waals surface area contributed by atoms with E-state index in [0.717, 1.165) is 30.3 Å². The molecule has 212 valence electrons. The van der Waals surface area contributed by atoms with Crippen LogP contribution in [0.25, 0.3) is 0 Å². The molecule has 2 atom stereocenters. The first-order valence-electron chi connectivity index (χ1n) is 11.9. The molecule has 1 heterocycles. The highest BCUT2D eigenvalue weighted by molar-refractivity contribution is 7.92. The SMILES string of the molecule is O=C(N1CC[C@]2(S(=O)(=O)c3ccc(F)cc3)c3ccc(C(F)(C(F)(F)F)C(F)(F)F)cc3CC[C@H]12)C1(O)CC1. The number of halogens is 8. The van der Waals surface area contributed by atoms with Crippen LogP contribution < -0.4 is 0 Å². The molecule has 14 heteroatoms. The van der Waals surface area contributed by atoms with E-state index in [1.165, 1.54) is 4.90 Å². The van der Waals surface area contributed by atoms with E-state index < -0.39 is 61.5 Å². The van der Waals surface area contributed by atoms with Gasteiger partial charge in [0.05, 0.1) is 10.9 Å². The Bertz CT molecular complexity index is 1420. The third-order valence-corrected chi connectivity index (χ3v) is 10.6. The minimum atomic E-state index is -6.36. The van der Waals surface area contributed by atoms with Crippen LogP contribution in [-0.4, -0.2) is 54.9 Å². The zero-order valence-electron chi connectivity index (χ0n) is 19.9. The summed E-state index contributed by atoms with van der Waals surface area (Å²) in [6, 6.07) is 3.94. The van der Waals surface area contributed by atoms with Crippen LogP contribution in [0.3, 0.4) is 0 Å². The molecule has 2 aromatic carbocycles. The maximum absolute atomic E-state index is 14.8. The maximum atomic E-state index is 14.8. The van der Waals surface area contributed by atoms with Crippen LogP contribution in [0.1, 0.15) is 42.4 Å². The number of sulfone groups is 1. The van der Waals surface area contributed by atoms with Crippen LogP contribution in [-0.2, 0) is 31.5 Å². The van der Waals surface area contributed by atoms with Crippen LogP contribution in [0.5, 0.6) is 0 Å². The fourth-order valence-electron chi connectivity index (χ4n) is 5.90. The second kappa shape index (κ2) is 8.38. The van der Waals surface area contributed by atoms with Gasteiger partial charge in [-0.25, -0.2) is 17.2 Å². The molecule has 5 nitrogen and oxygen atoms in total. The molecule has 0 unspecified atom stereocenters. The first-order valence-corrected chi connectivity index (χ1v) is 13.4. The summed E-state index contributed by atoms with van der Waals surface area (Å²) < 4.78 is 135. The molecule has 1 N–H and O–H groups in total. The van der Waals surface area contributed by atoms with Crippen molar-refractivity contribution in [3.05, 3.63) is 65.0 Å². The molecule has 1 saturated heterocycles. The number of nitrogens with zero attached hydrogens (tertiary/aromatic N) is 1. The number of carbonyl (C=O) groups excluding carboxylic acids is 1. The number of aliphatic hydroxyl groups is 1. The number of hydrogen-bond donors (Lipinski definition) is 1. The smallest absolute Gasteiger partial charge is 0.380 e. The van der Waals surface area contributed by atoms with Crippen molar-refractivity contribution in [3.8, 4) is 0 Å². The molecule has 0 bridgehead atoms. The quantitative estimate of drug-likeness (QED) is 0.413. The lowest BCUT2D eigenvalue weighted by Gasteiger charge is -2.43. The van der Waals surface area contributed by atoms with Gasteiger partial charge >= 0.3 is 18.0 Å². The molecule has 1 saturated carbocycles. The van der Waals surface area contributed by atoms with Gasteiger partial charge in [-0.2, -0.15) is 26.3 Å². The Balaban J connectivity index is 1.71. The number of likely N-dealkylation sites (tertiary alicyclic amines) is 1. The number of rotatable bonds is 4. The Kier molecular flexibility index (Phi) is 5.98. The molecule has 0 spiro atoms. The molecule has 2 aliphatic carbocycles. The molecule has 39 heavy (non-hydrogen) atoms. The third kappa shape index (κ3) is 3.80. The van der Waals surface area contributed by atoms with Crippen LogP contribution in [0.4, 0.5) is 35.1 Å². The molecule has 2 fully saturated rings. The fraction of sp³-hybridized carbons (Fsp3) is 0.480. The van der Waals surface area contributed by atoms with Gasteiger partial charge in [-0.15, -0.1) is 0 Å². The number of benzene rings is 2. The van der Waals surface area contributed by atoms with E-state index in [-0.39, 0.29) is 60.7 Å². The van der Waals surface area contributed by atoms with Gasteiger partial charge < -0.3 is 10.0 Å². The van der Waals surface area contributed by atoms with Gasteiger partial charge in [0, 0.05) is 12.1 Å². The Morgan fingerprint density at radius 3 is 2.05 bits per heavy atom. The average molecular weight is 583 g/mol. The highest BCUT2D eigenvalue weighted by atomic mass is 32.2. The summed E-state index contributed by atoms with van der Waals surface area (Å²) >= 11 is 0. The zero-order valence-corrected chi connectivity index (χ0v) is 20.7. The molecule has 1 amide bonds. The van der Waals surface area contributed by atoms with Crippen LogP contribution in [0.15, 0.2) is 47.4 Å². The lowest BCUT2D eigenvalue weighted by atomic mass is 9.76. The second-order valence-electron chi connectivity index (χ2n) is 10.2. The highest BCUT2D eigenvalue weighted by Crippen LogP contribution is 2.57. The minimum absolute atomic E-state index is 0.153. The Morgan fingerprint density at radius 1 is 0.923 bits per heavy atom. The molecule has 1 aliphatic heterocycles. The third-order valence-electron chi connectivity index (χ3n) is 8.05. The number of aryl methyl sites for hydroxylation is 1. The summed E-state index contributed by atoms with van der Waals surface area (Å²) in [6.45, 7) is -0.175. The topological polar surface area (TPSA) is 74.7 Å². The zero-order chi connectivity index (χ0) is 28.8. The van der Waals surface area contributed by atoms with E-state index in [2.05, 4.69) is 0 Å². The minimum Gasteiger partial charge on any atom is -0.380 e. The van der Waals surface area contributed by atoms with E-state index in [4.69, 9.17) is 0 Å². The number of fused-ring (bicyclic) bond motifs is 3. The fourth-order valence-corrected chi connectivity index (χ4v) is 8.26. The van der Waals surface area contributed by atoms with Crippen molar-refractivity contribution in [3.63, 3.8) is 0 Å². The van der Waals surface area contributed by atoms with E-state index in [0.29, 0.717) is 6.07 Å². The van der Waals surface area contributed by atoms with Crippen molar-refractivity contribution < 1.29 is 53.4 Å². The van der Waals surface area contributed by atoms with Gasteiger partial charge in [0.1, 0.15) is 16.2 Å². The Labute approximate surface area is 217 Å². The van der Waals surface area contributed by atoms with Gasteiger partial charge in [0.2, 0.25) is 0 Å². The molecular formula is C25H21F8NO4S. The number of amides is 1. The monoisotopic (exact) mass is 583 g/mol. The largest absolute Gasteiger partial charge is 0.435 e. The first-order chi connectivity index (χ1) is 17.9. The Hall–Kier alpha value is -2.74. The number of carbonyl (C=O) groups is 1. The van der Waals surface area contributed by atoms with Crippen molar-refractivity contribution in [1.29, 1.82) is 0 Å². The molecule has 2 aromatic rings. The van der Waals surface area contributed by atoms with E-state index in [1.807, 2.05) is 0 Å². The summed E-state index contributed by atoms with van der Waals surface area (Å²) in [4.78, 5) is 13.9. The summed E-state index contributed by atoms with van der Waals surface area (Å²) in [5.74, 6) is -1.48. The average Bonchev–Trinajstić information content (AvgIpc) is 3.47. The molecule has 0 aromatic heterocycles. The summed E-state index contributed by atoms with van der Waals surface area (Å²) in [5.41, 5.74) is -9.54. The van der Waals surface area contributed by atoms with Gasteiger partial charge in [-0.05, 0) is 67.5 Å². The lowest BCUT2D eigenvalue weighted by molar-refractivity contribution is -0.348. The van der Waals surface area contributed by atoms with Crippen molar-refractivity contribution in [2.24, 2.45) is 0 Å². The van der Waals surface area contributed by atoms with Gasteiger partial charge in [-0.1, -0.05) is 18.2 Å². The lowest BCUT2D eigenvalue weighted by Crippen LogP contribution is -2.54. The standard InChI is InChI=1S/C25H21F8NO4S/c26-16-3-5-17(6-4-16)39(37,38)22-11-12-34(20(35)21(36)9-10-21)19(22)8-1-14-13-15(2-7-18(14)22)23(27,24(28,29)30)25(31,32)33/h2-7,13,19,36H,1,8-12H2/t19-,22-/m0/s1. The molecule has 3 aliphatic rings. The van der Waals surface area contributed by atoms with E-state index in [9.17, 15) is 53.4 Å².